The number of anilines is 1. The fraction of sp³-hybridized carbons (Fsp3) is 0.348. The zero-order chi connectivity index (χ0) is 21.6. The van der Waals surface area contributed by atoms with Gasteiger partial charge in [-0.15, -0.1) is 0 Å². The molecule has 0 aliphatic heterocycles. The van der Waals surface area contributed by atoms with E-state index in [1.54, 1.807) is 24.3 Å². The molecule has 0 fully saturated rings. The molecule has 1 atom stereocenters. The number of hydrogen-bond acceptors (Lipinski definition) is 5. The third kappa shape index (κ3) is 6.45. The Morgan fingerprint density at radius 2 is 1.76 bits per heavy atom. The highest BCUT2D eigenvalue weighted by Crippen LogP contribution is 2.27. The SMILES string of the molecule is CC(=O)c1cccc(NC(=O)[C@H](C)OC(=O)COc2cc(C)ccc2C(C)C)c1. The van der Waals surface area contributed by atoms with Gasteiger partial charge in [-0.05, 0) is 56.0 Å². The van der Waals surface area contributed by atoms with Crippen molar-refractivity contribution in [2.75, 3.05) is 11.9 Å². The van der Waals surface area contributed by atoms with E-state index in [1.807, 2.05) is 39.0 Å². The van der Waals surface area contributed by atoms with E-state index >= 15 is 0 Å². The lowest BCUT2D eigenvalue weighted by Gasteiger charge is -2.16. The van der Waals surface area contributed by atoms with Crippen LogP contribution in [0.3, 0.4) is 0 Å². The van der Waals surface area contributed by atoms with Gasteiger partial charge in [0.15, 0.2) is 18.5 Å². The van der Waals surface area contributed by atoms with Crippen LogP contribution in [0.1, 0.15) is 55.1 Å². The Labute approximate surface area is 171 Å². The van der Waals surface area contributed by atoms with Crippen molar-refractivity contribution in [1.29, 1.82) is 0 Å². The fourth-order valence-corrected chi connectivity index (χ4v) is 2.72. The maximum absolute atomic E-state index is 12.3. The summed E-state index contributed by atoms with van der Waals surface area (Å²) in [6.45, 7) is 8.68. The highest BCUT2D eigenvalue weighted by molar-refractivity contribution is 5.98. The van der Waals surface area contributed by atoms with E-state index in [2.05, 4.69) is 5.32 Å². The van der Waals surface area contributed by atoms with Gasteiger partial charge in [-0.2, -0.15) is 0 Å². The summed E-state index contributed by atoms with van der Waals surface area (Å²) in [4.78, 5) is 35.8. The minimum atomic E-state index is -1.01. The molecule has 6 nitrogen and oxygen atoms in total. The molecular formula is C23H27NO5. The van der Waals surface area contributed by atoms with Crippen molar-refractivity contribution < 1.29 is 23.9 Å². The van der Waals surface area contributed by atoms with E-state index < -0.39 is 18.0 Å². The van der Waals surface area contributed by atoms with E-state index in [9.17, 15) is 14.4 Å². The summed E-state index contributed by atoms with van der Waals surface area (Å²) in [6, 6.07) is 12.4. The largest absolute Gasteiger partial charge is 0.482 e. The third-order valence-corrected chi connectivity index (χ3v) is 4.35. The standard InChI is InChI=1S/C23H27NO5/c1-14(2)20-10-9-15(3)11-21(20)28-13-22(26)29-17(5)23(27)24-19-8-6-7-18(12-19)16(4)25/h6-12,14,17H,13H2,1-5H3,(H,24,27)/t17-/m0/s1. The number of carbonyl (C=O) groups is 3. The lowest BCUT2D eigenvalue weighted by Crippen LogP contribution is -2.31. The number of hydrogen-bond donors (Lipinski definition) is 1. The molecule has 0 aromatic heterocycles. The van der Waals surface area contributed by atoms with E-state index in [-0.39, 0.29) is 18.3 Å². The highest BCUT2D eigenvalue weighted by atomic mass is 16.6. The average molecular weight is 397 g/mol. The summed E-state index contributed by atoms with van der Waals surface area (Å²) in [5.41, 5.74) is 2.97. The molecule has 6 heteroatoms. The molecule has 154 valence electrons. The van der Waals surface area contributed by atoms with Crippen LogP contribution in [0, 0.1) is 6.92 Å². The molecule has 0 saturated carbocycles. The fourth-order valence-electron chi connectivity index (χ4n) is 2.72. The van der Waals surface area contributed by atoms with Crippen LogP contribution < -0.4 is 10.1 Å². The molecule has 0 unspecified atom stereocenters. The minimum absolute atomic E-state index is 0.102. The van der Waals surface area contributed by atoms with Crippen LogP contribution >= 0.6 is 0 Å². The molecule has 29 heavy (non-hydrogen) atoms. The molecule has 0 bridgehead atoms. The number of ether oxygens (including phenoxy) is 2. The van der Waals surface area contributed by atoms with Crippen molar-refractivity contribution >= 4 is 23.3 Å². The normalized spacial score (nSPS) is 11.7. The lowest BCUT2D eigenvalue weighted by atomic mass is 10.0. The summed E-state index contributed by atoms with van der Waals surface area (Å²) in [5, 5.41) is 2.64. The maximum atomic E-state index is 12.3. The van der Waals surface area contributed by atoms with Crippen molar-refractivity contribution in [2.45, 2.75) is 46.6 Å². The van der Waals surface area contributed by atoms with Gasteiger partial charge >= 0.3 is 5.97 Å². The first-order valence-electron chi connectivity index (χ1n) is 9.52. The van der Waals surface area contributed by atoms with Gasteiger partial charge < -0.3 is 14.8 Å². The van der Waals surface area contributed by atoms with E-state index in [0.717, 1.165) is 11.1 Å². The van der Waals surface area contributed by atoms with Gasteiger partial charge in [-0.3, -0.25) is 9.59 Å². The second-order valence-electron chi connectivity index (χ2n) is 7.24. The van der Waals surface area contributed by atoms with Gasteiger partial charge in [0.1, 0.15) is 5.75 Å². The average Bonchev–Trinajstić information content (AvgIpc) is 2.66. The Morgan fingerprint density at radius 1 is 1.03 bits per heavy atom. The number of nitrogens with one attached hydrogen (secondary N) is 1. The number of amides is 1. The van der Waals surface area contributed by atoms with Crippen LogP contribution in [0.25, 0.3) is 0 Å². The molecule has 0 aliphatic carbocycles. The van der Waals surface area contributed by atoms with E-state index in [1.165, 1.54) is 13.8 Å². The summed E-state index contributed by atoms with van der Waals surface area (Å²) in [5.74, 6) is -0.347. The highest BCUT2D eigenvalue weighted by Gasteiger charge is 2.19. The second kappa shape index (κ2) is 9.87. The van der Waals surface area contributed by atoms with Crippen molar-refractivity contribution in [1.82, 2.24) is 0 Å². The van der Waals surface area contributed by atoms with Gasteiger partial charge in [0.05, 0.1) is 0 Å². The molecule has 2 aromatic carbocycles. The number of aryl methyl sites for hydroxylation is 1. The molecule has 2 rings (SSSR count). The van der Waals surface area contributed by atoms with Crippen molar-refractivity contribution in [3.8, 4) is 5.75 Å². The van der Waals surface area contributed by atoms with Crippen LogP contribution in [0.5, 0.6) is 5.75 Å². The molecule has 1 N–H and O–H groups in total. The van der Waals surface area contributed by atoms with Gasteiger partial charge in [-0.25, -0.2) is 4.79 Å². The van der Waals surface area contributed by atoms with Crippen LogP contribution in [-0.2, 0) is 14.3 Å². The predicted molar refractivity (Wildman–Crippen MR) is 111 cm³/mol. The van der Waals surface area contributed by atoms with E-state index in [4.69, 9.17) is 9.47 Å². The van der Waals surface area contributed by atoms with Gasteiger partial charge in [0.25, 0.3) is 5.91 Å². The first-order chi connectivity index (χ1) is 13.7. The van der Waals surface area contributed by atoms with Crippen molar-refractivity contribution in [2.24, 2.45) is 0 Å². The summed E-state index contributed by atoms with van der Waals surface area (Å²) in [7, 11) is 0. The van der Waals surface area contributed by atoms with Crippen molar-refractivity contribution in [3.05, 3.63) is 59.2 Å². The van der Waals surface area contributed by atoms with Gasteiger partial charge in [-0.1, -0.05) is 38.1 Å². The number of esters is 1. The summed E-state index contributed by atoms with van der Waals surface area (Å²) >= 11 is 0. The Bertz CT molecular complexity index is 904. The number of rotatable bonds is 8. The van der Waals surface area contributed by atoms with Crippen LogP contribution in [0.4, 0.5) is 5.69 Å². The smallest absolute Gasteiger partial charge is 0.344 e. The summed E-state index contributed by atoms with van der Waals surface area (Å²) in [6.07, 6.45) is -1.01. The van der Waals surface area contributed by atoms with Crippen molar-refractivity contribution in [3.63, 3.8) is 0 Å². The lowest BCUT2D eigenvalue weighted by molar-refractivity contribution is -0.155. The summed E-state index contributed by atoms with van der Waals surface area (Å²) < 4.78 is 10.8. The molecule has 2 aromatic rings. The molecule has 0 spiro atoms. The Kier molecular flexibility index (Phi) is 7.53. The van der Waals surface area contributed by atoms with Gasteiger partial charge in [0, 0.05) is 11.3 Å². The third-order valence-electron chi connectivity index (χ3n) is 4.35. The zero-order valence-electron chi connectivity index (χ0n) is 17.4. The number of Topliss-reactive ketones (excluding diaryl/α,β-unsaturated/α-hetero) is 1. The molecule has 0 radical (unpaired) electrons. The Hall–Kier alpha value is -3.15. The Morgan fingerprint density at radius 3 is 2.41 bits per heavy atom. The molecule has 1 amide bonds. The molecule has 0 saturated heterocycles. The number of benzene rings is 2. The van der Waals surface area contributed by atoms with E-state index in [0.29, 0.717) is 17.0 Å². The maximum Gasteiger partial charge on any atom is 0.344 e. The zero-order valence-corrected chi connectivity index (χ0v) is 17.4. The topological polar surface area (TPSA) is 81.7 Å². The number of ketones is 1. The Balaban J connectivity index is 1.92. The minimum Gasteiger partial charge on any atom is -0.482 e. The van der Waals surface area contributed by atoms with Gasteiger partial charge in [0.2, 0.25) is 0 Å². The predicted octanol–water partition coefficient (Wildman–Crippen LogP) is 4.27. The van der Waals surface area contributed by atoms with Crippen LogP contribution in [0.15, 0.2) is 42.5 Å². The quantitative estimate of drug-likeness (QED) is 0.531. The first kappa shape index (κ1) is 22.1. The molecule has 0 heterocycles. The first-order valence-corrected chi connectivity index (χ1v) is 9.52. The molecule has 0 aliphatic rings. The van der Waals surface area contributed by atoms with Crippen LogP contribution in [0.2, 0.25) is 0 Å². The second-order valence-corrected chi connectivity index (χ2v) is 7.24. The molecular weight excluding hydrogens is 370 g/mol. The number of carbonyl (C=O) groups excluding carboxylic acids is 3. The van der Waals surface area contributed by atoms with Crippen LogP contribution in [-0.4, -0.2) is 30.4 Å². The monoisotopic (exact) mass is 397 g/mol.